The van der Waals surface area contributed by atoms with Gasteiger partial charge < -0.3 is 9.67 Å². The van der Waals surface area contributed by atoms with Crippen molar-refractivity contribution >= 4 is 33.2 Å². The Bertz CT molecular complexity index is 789. The van der Waals surface area contributed by atoms with Gasteiger partial charge in [0.1, 0.15) is 0 Å². The fourth-order valence-corrected chi connectivity index (χ4v) is 5.92. The first kappa shape index (κ1) is 15.8. The molecule has 1 aliphatic heterocycles. The van der Waals surface area contributed by atoms with Crippen molar-refractivity contribution in [2.75, 3.05) is 11.5 Å². The average molecular weight is 360 g/mol. The third-order valence-electron chi connectivity index (χ3n) is 3.47. The van der Waals surface area contributed by atoms with Crippen molar-refractivity contribution in [3.8, 4) is 11.4 Å². The molecule has 2 heterocycles. The molecular weight excluding hydrogens is 346 g/mol. The van der Waals surface area contributed by atoms with E-state index >= 15 is 0 Å². The van der Waals surface area contributed by atoms with Gasteiger partial charge in [-0.25, -0.2) is 8.42 Å². The number of benzene rings is 1. The number of hydrogen-bond donors (Lipinski definition) is 1. The van der Waals surface area contributed by atoms with Crippen LogP contribution >= 0.6 is 23.4 Å². The summed E-state index contributed by atoms with van der Waals surface area (Å²) in [5.74, 6) is 0.434. The zero-order valence-electron chi connectivity index (χ0n) is 11.7. The van der Waals surface area contributed by atoms with Crippen LogP contribution in [0.4, 0.5) is 0 Å². The number of thioether (sulfide) groups is 1. The van der Waals surface area contributed by atoms with Crippen LogP contribution in [0.3, 0.4) is 0 Å². The molecule has 118 valence electrons. The van der Waals surface area contributed by atoms with Crippen molar-refractivity contribution in [2.45, 2.75) is 16.5 Å². The van der Waals surface area contributed by atoms with Crippen LogP contribution in [0.2, 0.25) is 5.02 Å². The van der Waals surface area contributed by atoms with Crippen LogP contribution in [-0.4, -0.2) is 51.1 Å². The Kier molecular flexibility index (Phi) is 4.19. The minimum Gasteiger partial charge on any atom is -0.391 e. The van der Waals surface area contributed by atoms with Crippen molar-refractivity contribution in [1.82, 2.24) is 14.8 Å². The Hall–Kier alpha value is -1.09. The smallest absolute Gasteiger partial charge is 0.191 e. The predicted molar refractivity (Wildman–Crippen MR) is 85.8 cm³/mol. The second-order valence-corrected chi connectivity index (χ2v) is 8.97. The van der Waals surface area contributed by atoms with E-state index in [1.54, 1.807) is 16.7 Å². The summed E-state index contributed by atoms with van der Waals surface area (Å²) in [6, 6.07) is 7.22. The van der Waals surface area contributed by atoms with Crippen molar-refractivity contribution < 1.29 is 13.5 Å². The molecule has 1 aromatic carbocycles. The summed E-state index contributed by atoms with van der Waals surface area (Å²) >= 11 is 7.11. The van der Waals surface area contributed by atoms with Gasteiger partial charge in [-0.2, -0.15) is 0 Å². The highest BCUT2D eigenvalue weighted by atomic mass is 35.5. The summed E-state index contributed by atoms with van der Waals surface area (Å²) in [4.78, 5) is 0. The first-order valence-electron chi connectivity index (χ1n) is 6.56. The molecule has 22 heavy (non-hydrogen) atoms. The van der Waals surface area contributed by atoms with Crippen molar-refractivity contribution in [3.63, 3.8) is 0 Å². The molecule has 0 spiro atoms. The van der Waals surface area contributed by atoms with Crippen LogP contribution < -0.4 is 0 Å². The van der Waals surface area contributed by atoms with Crippen LogP contribution in [0.5, 0.6) is 0 Å². The highest BCUT2D eigenvalue weighted by Gasteiger charge is 2.38. The molecule has 0 radical (unpaired) electrons. The van der Waals surface area contributed by atoms with E-state index in [0.717, 1.165) is 5.56 Å². The molecule has 1 aliphatic rings. The quantitative estimate of drug-likeness (QED) is 0.891. The maximum Gasteiger partial charge on any atom is 0.191 e. The fraction of sp³-hybridized carbons (Fsp3) is 0.385. The van der Waals surface area contributed by atoms with Gasteiger partial charge in [0.15, 0.2) is 20.8 Å². The van der Waals surface area contributed by atoms with E-state index in [9.17, 15) is 13.5 Å². The number of rotatable bonds is 3. The van der Waals surface area contributed by atoms with Crippen molar-refractivity contribution in [3.05, 3.63) is 29.3 Å². The van der Waals surface area contributed by atoms with Gasteiger partial charge in [0, 0.05) is 17.6 Å². The SMILES string of the molecule is Cn1c(S[C@@H]2CS(=O)(=O)C[C@@H]2O)nnc1-c1ccc(Cl)cc1. The maximum atomic E-state index is 11.6. The molecule has 1 N–H and O–H groups in total. The Morgan fingerprint density at radius 1 is 1.27 bits per heavy atom. The van der Waals surface area contributed by atoms with E-state index in [4.69, 9.17) is 11.6 Å². The fourth-order valence-electron chi connectivity index (χ4n) is 2.31. The zero-order chi connectivity index (χ0) is 15.9. The molecule has 9 heteroatoms. The number of aromatic nitrogens is 3. The van der Waals surface area contributed by atoms with Crippen molar-refractivity contribution in [1.29, 1.82) is 0 Å². The Morgan fingerprint density at radius 2 is 1.95 bits per heavy atom. The summed E-state index contributed by atoms with van der Waals surface area (Å²) in [6.07, 6.45) is -0.870. The third kappa shape index (κ3) is 3.15. The largest absolute Gasteiger partial charge is 0.391 e. The van der Waals surface area contributed by atoms with Gasteiger partial charge in [0.05, 0.1) is 22.9 Å². The molecule has 2 aromatic rings. The number of aliphatic hydroxyl groups excluding tert-OH is 1. The maximum absolute atomic E-state index is 11.6. The van der Waals surface area contributed by atoms with E-state index in [0.29, 0.717) is 16.0 Å². The first-order chi connectivity index (χ1) is 10.4. The van der Waals surface area contributed by atoms with E-state index < -0.39 is 21.2 Å². The Labute approximate surface area is 137 Å². The summed E-state index contributed by atoms with van der Waals surface area (Å²) in [5, 5.41) is 18.9. The van der Waals surface area contributed by atoms with Crippen molar-refractivity contribution in [2.24, 2.45) is 7.05 Å². The molecule has 0 unspecified atom stereocenters. The molecule has 0 aliphatic carbocycles. The Morgan fingerprint density at radius 3 is 2.55 bits per heavy atom. The predicted octanol–water partition coefficient (Wildman–Crippen LogP) is 1.39. The number of nitrogens with zero attached hydrogens (tertiary/aromatic N) is 3. The summed E-state index contributed by atoms with van der Waals surface area (Å²) in [7, 11) is -1.36. The molecule has 0 bridgehead atoms. The normalized spacial score (nSPS) is 23.8. The topological polar surface area (TPSA) is 85.1 Å². The van der Waals surface area contributed by atoms with Crippen LogP contribution in [0.1, 0.15) is 0 Å². The minimum atomic E-state index is -3.17. The second kappa shape index (κ2) is 5.84. The number of sulfone groups is 1. The number of aliphatic hydroxyl groups is 1. The van der Waals surface area contributed by atoms with Crippen LogP contribution in [0.25, 0.3) is 11.4 Å². The molecular formula is C13H14ClN3O3S2. The average Bonchev–Trinajstić information content (AvgIpc) is 2.92. The first-order valence-corrected chi connectivity index (χ1v) is 9.64. The lowest BCUT2D eigenvalue weighted by molar-refractivity contribution is 0.207. The summed E-state index contributed by atoms with van der Waals surface area (Å²) in [5.41, 5.74) is 0.867. The van der Waals surface area contributed by atoms with Gasteiger partial charge in [-0.1, -0.05) is 23.4 Å². The third-order valence-corrected chi connectivity index (χ3v) is 7.00. The lowest BCUT2D eigenvalue weighted by atomic mass is 10.2. The molecule has 1 fully saturated rings. The van der Waals surface area contributed by atoms with Gasteiger partial charge in [-0.15, -0.1) is 10.2 Å². The molecule has 1 aromatic heterocycles. The second-order valence-electron chi connectivity index (χ2n) is 5.17. The van der Waals surface area contributed by atoms with Gasteiger partial charge in [-0.3, -0.25) is 0 Å². The van der Waals surface area contributed by atoms with E-state index in [2.05, 4.69) is 10.2 Å². The van der Waals surface area contributed by atoms with E-state index in [1.165, 1.54) is 11.8 Å². The van der Waals surface area contributed by atoms with Crippen LogP contribution in [0, 0.1) is 0 Å². The monoisotopic (exact) mass is 359 g/mol. The standard InChI is InChI=1S/C13H14ClN3O3S2/c1-17-12(8-2-4-9(14)5-3-8)15-16-13(17)21-11-7-22(19,20)6-10(11)18/h2-5,10-11,18H,6-7H2,1H3/t10-,11+/m0/s1. The highest BCUT2D eigenvalue weighted by Crippen LogP contribution is 2.31. The molecule has 2 atom stereocenters. The summed E-state index contributed by atoms with van der Waals surface area (Å²) in [6.45, 7) is 0. The van der Waals surface area contributed by atoms with Gasteiger partial charge in [0.25, 0.3) is 0 Å². The minimum absolute atomic E-state index is 0.0397. The molecule has 1 saturated heterocycles. The lowest BCUT2D eigenvalue weighted by Crippen LogP contribution is -2.20. The van der Waals surface area contributed by atoms with E-state index in [-0.39, 0.29) is 11.5 Å². The van der Waals surface area contributed by atoms with E-state index in [1.807, 2.05) is 19.2 Å². The molecule has 0 amide bonds. The number of hydrogen-bond acceptors (Lipinski definition) is 6. The van der Waals surface area contributed by atoms with Crippen LogP contribution in [0.15, 0.2) is 29.4 Å². The highest BCUT2D eigenvalue weighted by molar-refractivity contribution is 8.01. The molecule has 6 nitrogen and oxygen atoms in total. The molecule has 3 rings (SSSR count). The number of halogens is 1. The Balaban J connectivity index is 1.84. The van der Waals surface area contributed by atoms with Gasteiger partial charge in [0.2, 0.25) is 0 Å². The van der Waals surface area contributed by atoms with Crippen LogP contribution in [-0.2, 0) is 16.9 Å². The lowest BCUT2D eigenvalue weighted by Gasteiger charge is -2.11. The molecule has 0 saturated carbocycles. The zero-order valence-corrected chi connectivity index (χ0v) is 14.1. The van der Waals surface area contributed by atoms with Gasteiger partial charge >= 0.3 is 0 Å². The summed E-state index contributed by atoms with van der Waals surface area (Å²) < 4.78 is 24.9. The van der Waals surface area contributed by atoms with Gasteiger partial charge in [-0.05, 0) is 24.3 Å².